The molecule has 2 atom stereocenters. The molecular formula is C11H13NO6S. The molecule has 19 heavy (non-hydrogen) atoms. The Bertz CT molecular complexity index is 630. The van der Waals surface area contributed by atoms with Crippen LogP contribution in [0.4, 0.5) is 0 Å². The first-order valence-corrected chi connectivity index (χ1v) is 7.09. The second-order valence-corrected chi connectivity index (χ2v) is 7.75. The van der Waals surface area contributed by atoms with E-state index in [-0.39, 0.29) is 5.57 Å². The van der Waals surface area contributed by atoms with Crippen molar-refractivity contribution in [1.29, 1.82) is 0 Å². The van der Waals surface area contributed by atoms with Gasteiger partial charge in [0.1, 0.15) is 4.75 Å². The number of aliphatic carboxylic acids is 1. The third-order valence-corrected chi connectivity index (χ3v) is 6.32. The predicted molar refractivity (Wildman–Crippen MR) is 63.8 cm³/mol. The second-order valence-electron chi connectivity index (χ2n) is 5.16. The van der Waals surface area contributed by atoms with Gasteiger partial charge in [0.15, 0.2) is 27.0 Å². The molecule has 0 aromatic rings. The van der Waals surface area contributed by atoms with Gasteiger partial charge in [-0.15, -0.1) is 0 Å². The lowest BCUT2D eigenvalue weighted by molar-refractivity contribution is -0.152. The molecule has 2 rings (SSSR count). The fourth-order valence-corrected chi connectivity index (χ4v) is 4.68. The summed E-state index contributed by atoms with van der Waals surface area (Å²) in [6.07, 6.45) is 0.960. The van der Waals surface area contributed by atoms with Gasteiger partial charge in [-0.1, -0.05) is 0 Å². The number of amides is 1. The number of β-lactam (4-membered cyclic amide) rings is 1. The van der Waals surface area contributed by atoms with E-state index in [1.54, 1.807) is 0 Å². The van der Waals surface area contributed by atoms with Gasteiger partial charge in [0.2, 0.25) is 0 Å². The summed E-state index contributed by atoms with van der Waals surface area (Å²) in [6, 6.07) is -1.43. The van der Waals surface area contributed by atoms with Crippen molar-refractivity contribution in [1.82, 2.24) is 4.90 Å². The lowest BCUT2D eigenvalue weighted by Gasteiger charge is -2.37. The minimum atomic E-state index is -3.88. The number of sulfone groups is 1. The monoisotopic (exact) mass is 287 g/mol. The highest BCUT2D eigenvalue weighted by Crippen LogP contribution is 2.48. The van der Waals surface area contributed by atoms with Gasteiger partial charge in [-0.2, -0.15) is 0 Å². The normalized spacial score (nSPS) is 32.9. The van der Waals surface area contributed by atoms with Crippen LogP contribution in [-0.2, 0) is 24.2 Å². The van der Waals surface area contributed by atoms with Crippen molar-refractivity contribution in [3.05, 3.63) is 11.6 Å². The van der Waals surface area contributed by atoms with Crippen LogP contribution < -0.4 is 0 Å². The van der Waals surface area contributed by atoms with Crippen LogP contribution in [0.15, 0.2) is 11.6 Å². The number of ketones is 1. The van der Waals surface area contributed by atoms with E-state index in [0.29, 0.717) is 0 Å². The highest BCUT2D eigenvalue weighted by molar-refractivity contribution is 7.94. The Morgan fingerprint density at radius 3 is 2.32 bits per heavy atom. The molecule has 8 heteroatoms. The molecule has 0 bridgehead atoms. The molecule has 0 saturated carbocycles. The minimum Gasteiger partial charge on any atom is -0.480 e. The first kappa shape index (κ1) is 13.7. The van der Waals surface area contributed by atoms with E-state index < -0.39 is 43.7 Å². The number of rotatable bonds is 2. The Labute approximate surface area is 109 Å². The Balaban J connectivity index is 2.61. The van der Waals surface area contributed by atoms with Crippen molar-refractivity contribution in [2.45, 2.75) is 36.9 Å². The van der Waals surface area contributed by atoms with Gasteiger partial charge in [-0.05, 0) is 26.8 Å². The third-order valence-electron chi connectivity index (χ3n) is 3.56. The maximum absolute atomic E-state index is 12.3. The molecular weight excluding hydrogens is 274 g/mol. The van der Waals surface area contributed by atoms with Crippen LogP contribution in [0.25, 0.3) is 0 Å². The molecule has 0 radical (unpaired) electrons. The maximum Gasteiger partial charge on any atom is 0.328 e. The average molecular weight is 287 g/mol. The maximum atomic E-state index is 12.3. The zero-order chi connectivity index (χ0) is 14.7. The molecule has 0 aromatic carbocycles. The topological polar surface area (TPSA) is 109 Å². The summed E-state index contributed by atoms with van der Waals surface area (Å²) in [5, 5.41) is 7.82. The number of nitrogens with zero attached hydrogens (tertiary/aromatic N) is 1. The van der Waals surface area contributed by atoms with Crippen molar-refractivity contribution in [3.63, 3.8) is 0 Å². The molecule has 2 fully saturated rings. The number of hydrogen-bond acceptors (Lipinski definition) is 5. The number of carbonyl (C=O) groups excluding carboxylic acids is 2. The van der Waals surface area contributed by atoms with Crippen molar-refractivity contribution in [2.75, 3.05) is 0 Å². The van der Waals surface area contributed by atoms with E-state index in [1.807, 2.05) is 0 Å². The van der Waals surface area contributed by atoms with Gasteiger partial charge in [-0.25, -0.2) is 13.2 Å². The Morgan fingerprint density at radius 2 is 1.89 bits per heavy atom. The fourth-order valence-electron chi connectivity index (χ4n) is 2.56. The number of carboxylic acids is 1. The molecule has 2 aliphatic heterocycles. The molecule has 0 unspecified atom stereocenters. The summed E-state index contributed by atoms with van der Waals surface area (Å²) < 4.78 is 23.0. The van der Waals surface area contributed by atoms with E-state index in [2.05, 4.69) is 0 Å². The van der Waals surface area contributed by atoms with Crippen LogP contribution >= 0.6 is 0 Å². The summed E-state index contributed by atoms with van der Waals surface area (Å²) in [5.41, 5.74) is -0.149. The molecule has 0 aliphatic carbocycles. The average Bonchev–Trinajstić information content (AvgIpc) is 2.38. The van der Waals surface area contributed by atoms with Gasteiger partial charge in [-0.3, -0.25) is 9.59 Å². The van der Waals surface area contributed by atoms with Crippen LogP contribution in [-0.4, -0.2) is 52.2 Å². The van der Waals surface area contributed by atoms with Crippen LogP contribution in [0.5, 0.6) is 0 Å². The zero-order valence-electron chi connectivity index (χ0n) is 10.6. The third kappa shape index (κ3) is 1.49. The molecule has 2 heterocycles. The number of allylic oxidation sites excluding steroid dienone is 1. The standard InChI is InChI=1S/C11H13NO6S/c1-5(13)4-6-8(14)12-7(10(15)16)11(2,3)19(17,18)9(6)12/h4,7,9H,1-3H3,(H,15,16)/b6-4-/t7-,9+/m0/s1. The number of hydrogen-bond donors (Lipinski definition) is 1. The molecule has 0 spiro atoms. The summed E-state index contributed by atoms with van der Waals surface area (Å²) in [6.45, 7) is 3.75. The van der Waals surface area contributed by atoms with Gasteiger partial charge in [0.25, 0.3) is 5.91 Å². The molecule has 2 aliphatic rings. The highest BCUT2D eigenvalue weighted by Gasteiger charge is 2.70. The molecule has 2 saturated heterocycles. The van der Waals surface area contributed by atoms with Gasteiger partial charge in [0.05, 0.1) is 5.57 Å². The second kappa shape index (κ2) is 3.66. The van der Waals surface area contributed by atoms with Gasteiger partial charge < -0.3 is 10.0 Å². The minimum absolute atomic E-state index is 0.149. The lowest BCUT2D eigenvalue weighted by Crippen LogP contribution is -2.59. The quantitative estimate of drug-likeness (QED) is 0.533. The zero-order valence-corrected chi connectivity index (χ0v) is 11.4. The Kier molecular flexibility index (Phi) is 2.64. The largest absolute Gasteiger partial charge is 0.480 e. The summed E-state index contributed by atoms with van der Waals surface area (Å²) >= 11 is 0. The van der Waals surface area contributed by atoms with Crippen LogP contribution in [0.3, 0.4) is 0 Å². The van der Waals surface area contributed by atoms with Gasteiger partial charge >= 0.3 is 5.97 Å². The van der Waals surface area contributed by atoms with Crippen LogP contribution in [0.2, 0.25) is 0 Å². The summed E-state index contributed by atoms with van der Waals surface area (Å²) in [5.74, 6) is -2.53. The first-order chi connectivity index (χ1) is 8.53. The van der Waals surface area contributed by atoms with Crippen molar-refractivity contribution < 1.29 is 27.9 Å². The molecule has 104 valence electrons. The molecule has 1 N–H and O–H groups in total. The molecule has 7 nitrogen and oxygen atoms in total. The lowest BCUT2D eigenvalue weighted by atomic mass is 9.95. The van der Waals surface area contributed by atoms with Crippen molar-refractivity contribution in [2.24, 2.45) is 0 Å². The van der Waals surface area contributed by atoms with E-state index in [4.69, 9.17) is 5.11 Å². The molecule has 0 aromatic heterocycles. The summed E-state index contributed by atoms with van der Waals surface area (Å²) in [4.78, 5) is 34.9. The van der Waals surface area contributed by atoms with E-state index in [9.17, 15) is 22.8 Å². The fraction of sp³-hybridized carbons (Fsp3) is 0.545. The molecule has 1 amide bonds. The number of carboxylic acid groups (broad SMARTS) is 1. The predicted octanol–water partition coefficient (Wildman–Crippen LogP) is -0.670. The summed E-state index contributed by atoms with van der Waals surface area (Å²) in [7, 11) is -3.88. The van der Waals surface area contributed by atoms with Crippen molar-refractivity contribution >= 4 is 27.5 Å². The van der Waals surface area contributed by atoms with Crippen molar-refractivity contribution in [3.8, 4) is 0 Å². The Morgan fingerprint density at radius 1 is 1.37 bits per heavy atom. The van der Waals surface area contributed by atoms with Crippen LogP contribution in [0.1, 0.15) is 20.8 Å². The highest BCUT2D eigenvalue weighted by atomic mass is 32.2. The van der Waals surface area contributed by atoms with Crippen LogP contribution in [0, 0.1) is 0 Å². The Hall–Kier alpha value is -1.70. The number of fused-ring (bicyclic) bond motifs is 1. The van der Waals surface area contributed by atoms with E-state index in [0.717, 1.165) is 11.0 Å². The van der Waals surface area contributed by atoms with E-state index >= 15 is 0 Å². The first-order valence-electron chi connectivity index (χ1n) is 5.54. The smallest absolute Gasteiger partial charge is 0.328 e. The SMILES string of the molecule is CC(=O)/C=C1/C(=O)N2[C@@H](C(=O)O)C(C)(C)S(=O)(=O)[C@H]12. The van der Waals surface area contributed by atoms with Gasteiger partial charge in [0, 0.05) is 0 Å². The number of carbonyl (C=O) groups is 3. The van der Waals surface area contributed by atoms with E-state index in [1.165, 1.54) is 20.8 Å².